The summed E-state index contributed by atoms with van der Waals surface area (Å²) in [6, 6.07) is 7.10. The highest BCUT2D eigenvalue weighted by atomic mass is 16.7. The number of amides is 1. The average Bonchev–Trinajstić information content (AvgIpc) is 3.61. The van der Waals surface area contributed by atoms with E-state index in [-0.39, 0.29) is 37.4 Å². The van der Waals surface area contributed by atoms with Crippen molar-refractivity contribution in [3.63, 3.8) is 0 Å². The van der Waals surface area contributed by atoms with Crippen LogP contribution in [-0.2, 0) is 23.7 Å². The molecule has 30 heavy (non-hydrogen) atoms. The highest BCUT2D eigenvalue weighted by Crippen LogP contribution is 2.32. The number of aliphatic hydroxyl groups excluding tert-OH is 1. The van der Waals surface area contributed by atoms with Gasteiger partial charge < -0.3 is 29.4 Å². The summed E-state index contributed by atoms with van der Waals surface area (Å²) in [6.45, 7) is 1.47. The largest absolute Gasteiger partial charge is 0.465 e. The van der Waals surface area contributed by atoms with Crippen molar-refractivity contribution in [2.24, 2.45) is 5.92 Å². The number of hydrogen-bond acceptors (Lipinski definition) is 7. The van der Waals surface area contributed by atoms with Gasteiger partial charge in [0.05, 0.1) is 39.1 Å². The summed E-state index contributed by atoms with van der Waals surface area (Å²) in [5, 5.41) is 11.7. The van der Waals surface area contributed by atoms with E-state index in [9.17, 15) is 9.59 Å². The van der Waals surface area contributed by atoms with Gasteiger partial charge in [0, 0.05) is 18.9 Å². The van der Waals surface area contributed by atoms with Gasteiger partial charge >= 0.3 is 5.97 Å². The highest BCUT2D eigenvalue weighted by molar-refractivity contribution is 5.92. The molecule has 2 atom stereocenters. The number of carbonyl (C=O) groups excluding carboxylic acids is 2. The molecular formula is C22H29NO7. The zero-order chi connectivity index (χ0) is 21.3. The van der Waals surface area contributed by atoms with Crippen molar-refractivity contribution in [1.29, 1.82) is 0 Å². The van der Waals surface area contributed by atoms with Gasteiger partial charge in [0.25, 0.3) is 5.91 Å². The summed E-state index contributed by atoms with van der Waals surface area (Å²) < 4.78 is 21.5. The molecule has 2 N–H and O–H groups in total. The molecule has 1 saturated carbocycles. The van der Waals surface area contributed by atoms with Crippen LogP contribution in [0.4, 0.5) is 0 Å². The molecular weight excluding hydrogens is 390 g/mol. The van der Waals surface area contributed by atoms with E-state index in [1.54, 1.807) is 18.2 Å². The molecule has 1 fully saturated rings. The standard InChI is InChI=1S/C22H29NO7/c1-27-22(26)17-6-4-16(5-7-17)18-12-19(21(25)23-14-15-2-3-15)30-20(13-18)29-11-10-28-9-8-24/h4-7,12,15,18,20,24H,2-3,8-11,13-14H2,1H3,(H,23,25)/t18-,20+/m1/s1. The van der Waals surface area contributed by atoms with Crippen molar-refractivity contribution < 1.29 is 33.6 Å². The Kier molecular flexibility index (Phi) is 8.24. The van der Waals surface area contributed by atoms with Crippen LogP contribution in [0.3, 0.4) is 0 Å². The SMILES string of the molecule is COC(=O)c1ccc([C@@H]2C=C(C(=O)NCC3CC3)O[C@H](OCCOCCO)C2)cc1. The number of aliphatic hydroxyl groups is 1. The third-order valence-corrected chi connectivity index (χ3v) is 5.06. The Morgan fingerprint density at radius 3 is 2.60 bits per heavy atom. The van der Waals surface area contributed by atoms with Crippen molar-refractivity contribution in [3.8, 4) is 0 Å². The van der Waals surface area contributed by atoms with E-state index < -0.39 is 12.3 Å². The van der Waals surface area contributed by atoms with Gasteiger partial charge in [0.2, 0.25) is 6.29 Å². The molecule has 0 bridgehead atoms. The van der Waals surface area contributed by atoms with Crippen LogP contribution in [0.15, 0.2) is 36.1 Å². The molecule has 8 nitrogen and oxygen atoms in total. The molecule has 2 aliphatic rings. The van der Waals surface area contributed by atoms with Crippen molar-refractivity contribution >= 4 is 11.9 Å². The first kappa shape index (κ1) is 22.3. The number of methoxy groups -OCH3 is 1. The topological polar surface area (TPSA) is 103 Å². The molecule has 164 valence electrons. The van der Waals surface area contributed by atoms with Gasteiger partial charge in [0.15, 0.2) is 5.76 Å². The van der Waals surface area contributed by atoms with E-state index in [0.29, 0.717) is 31.1 Å². The maximum atomic E-state index is 12.6. The van der Waals surface area contributed by atoms with Crippen molar-refractivity contribution in [2.45, 2.75) is 31.5 Å². The maximum absolute atomic E-state index is 12.6. The second kappa shape index (κ2) is 11.1. The molecule has 0 radical (unpaired) electrons. The zero-order valence-electron chi connectivity index (χ0n) is 17.2. The van der Waals surface area contributed by atoms with E-state index in [1.165, 1.54) is 7.11 Å². The van der Waals surface area contributed by atoms with E-state index in [4.69, 9.17) is 24.1 Å². The Morgan fingerprint density at radius 1 is 1.17 bits per heavy atom. The number of benzene rings is 1. The molecule has 0 unspecified atom stereocenters. The molecule has 1 aromatic rings. The number of ether oxygens (including phenoxy) is 4. The minimum atomic E-state index is -0.598. The second-order valence-electron chi connectivity index (χ2n) is 7.39. The Bertz CT molecular complexity index is 742. The van der Waals surface area contributed by atoms with Crippen LogP contribution in [0.1, 0.15) is 41.1 Å². The first-order valence-electron chi connectivity index (χ1n) is 10.3. The minimum absolute atomic E-state index is 0.0440. The molecule has 0 spiro atoms. The van der Waals surface area contributed by atoms with Gasteiger partial charge in [-0.1, -0.05) is 12.1 Å². The Morgan fingerprint density at radius 2 is 1.93 bits per heavy atom. The monoisotopic (exact) mass is 419 g/mol. The molecule has 1 aliphatic heterocycles. The third-order valence-electron chi connectivity index (χ3n) is 5.06. The maximum Gasteiger partial charge on any atom is 0.337 e. The Labute approximate surface area is 176 Å². The molecule has 0 saturated heterocycles. The predicted molar refractivity (Wildman–Crippen MR) is 108 cm³/mol. The number of allylic oxidation sites excluding steroid dienone is 1. The molecule has 1 aromatic carbocycles. The molecule has 8 heteroatoms. The van der Waals surface area contributed by atoms with Gasteiger partial charge in [-0.2, -0.15) is 0 Å². The number of nitrogens with one attached hydrogen (secondary N) is 1. The van der Waals surface area contributed by atoms with Crippen LogP contribution in [-0.4, -0.2) is 63.4 Å². The van der Waals surface area contributed by atoms with Crippen LogP contribution in [0.25, 0.3) is 0 Å². The number of rotatable bonds is 11. The lowest BCUT2D eigenvalue weighted by Crippen LogP contribution is -2.34. The summed E-state index contributed by atoms with van der Waals surface area (Å²) in [6.07, 6.45) is 4.03. The molecule has 0 aromatic heterocycles. The lowest BCUT2D eigenvalue weighted by Gasteiger charge is -2.29. The van der Waals surface area contributed by atoms with Gasteiger partial charge in [0.1, 0.15) is 0 Å². The molecule has 1 heterocycles. The fourth-order valence-electron chi connectivity index (χ4n) is 3.19. The first-order chi connectivity index (χ1) is 14.6. The molecule has 1 aliphatic carbocycles. The summed E-state index contributed by atoms with van der Waals surface area (Å²) in [5.74, 6) is 0.0624. The highest BCUT2D eigenvalue weighted by Gasteiger charge is 2.30. The Balaban J connectivity index is 1.67. The van der Waals surface area contributed by atoms with Crippen LogP contribution in [0, 0.1) is 5.92 Å². The average molecular weight is 419 g/mol. The quantitative estimate of drug-likeness (QED) is 0.416. The van der Waals surface area contributed by atoms with Gasteiger partial charge in [-0.05, 0) is 42.5 Å². The van der Waals surface area contributed by atoms with Crippen molar-refractivity contribution in [2.75, 3.05) is 40.1 Å². The first-order valence-corrected chi connectivity index (χ1v) is 10.3. The van der Waals surface area contributed by atoms with Crippen LogP contribution in [0.2, 0.25) is 0 Å². The zero-order valence-corrected chi connectivity index (χ0v) is 17.2. The number of esters is 1. The summed E-state index contributed by atoms with van der Waals surface area (Å²) in [4.78, 5) is 24.2. The van der Waals surface area contributed by atoms with Crippen molar-refractivity contribution in [1.82, 2.24) is 5.32 Å². The van der Waals surface area contributed by atoms with Gasteiger partial charge in [-0.25, -0.2) is 4.79 Å². The lowest BCUT2D eigenvalue weighted by atomic mass is 9.92. The molecule has 1 amide bonds. The van der Waals surface area contributed by atoms with Gasteiger partial charge in [-0.3, -0.25) is 4.79 Å². The minimum Gasteiger partial charge on any atom is -0.465 e. The smallest absolute Gasteiger partial charge is 0.337 e. The van der Waals surface area contributed by atoms with Crippen molar-refractivity contribution in [3.05, 3.63) is 47.2 Å². The number of hydrogen-bond donors (Lipinski definition) is 2. The van der Waals surface area contributed by atoms with E-state index in [1.807, 2.05) is 12.1 Å². The predicted octanol–water partition coefficient (Wildman–Crippen LogP) is 1.74. The fourth-order valence-corrected chi connectivity index (χ4v) is 3.19. The number of carbonyl (C=O) groups is 2. The second-order valence-corrected chi connectivity index (χ2v) is 7.39. The fraction of sp³-hybridized carbons (Fsp3) is 0.545. The van der Waals surface area contributed by atoms with E-state index in [2.05, 4.69) is 5.32 Å². The third kappa shape index (κ3) is 6.55. The lowest BCUT2D eigenvalue weighted by molar-refractivity contribution is -0.151. The van der Waals surface area contributed by atoms with Crippen LogP contribution in [0.5, 0.6) is 0 Å². The summed E-state index contributed by atoms with van der Waals surface area (Å²) in [7, 11) is 1.34. The normalized spacial score (nSPS) is 20.8. The van der Waals surface area contributed by atoms with Gasteiger partial charge in [-0.15, -0.1) is 0 Å². The Hall–Kier alpha value is -2.42. The van der Waals surface area contributed by atoms with E-state index in [0.717, 1.165) is 18.4 Å². The van der Waals surface area contributed by atoms with Crippen LogP contribution >= 0.6 is 0 Å². The summed E-state index contributed by atoms with van der Waals surface area (Å²) >= 11 is 0. The van der Waals surface area contributed by atoms with Crippen LogP contribution < -0.4 is 5.32 Å². The summed E-state index contributed by atoms with van der Waals surface area (Å²) in [5.41, 5.74) is 1.41. The molecule has 3 rings (SSSR count). The van der Waals surface area contributed by atoms with E-state index >= 15 is 0 Å².